The van der Waals surface area contributed by atoms with E-state index in [0.29, 0.717) is 11.3 Å². The Morgan fingerprint density at radius 2 is 1.45 bits per heavy atom. The molecule has 5 nitrogen and oxygen atoms in total. The van der Waals surface area contributed by atoms with Crippen molar-refractivity contribution in [1.82, 2.24) is 0 Å². The number of para-hydroxylation sites is 2. The molecule has 0 aliphatic heterocycles. The van der Waals surface area contributed by atoms with Crippen LogP contribution < -0.4 is 9.62 Å². The Morgan fingerprint density at radius 3 is 2.03 bits per heavy atom. The number of sulfonamides is 1. The summed E-state index contributed by atoms with van der Waals surface area (Å²) in [6.45, 7) is 5.99. The predicted octanol–water partition coefficient (Wildman–Crippen LogP) is 5.20. The van der Waals surface area contributed by atoms with Gasteiger partial charge in [-0.3, -0.25) is 9.10 Å². The monoisotopic (exact) mass is 436 g/mol. The molecule has 162 valence electrons. The number of carbonyl (C=O) groups is 1. The van der Waals surface area contributed by atoms with E-state index in [1.165, 1.54) is 11.4 Å². The zero-order valence-electron chi connectivity index (χ0n) is 18.3. The molecule has 6 heteroatoms. The van der Waals surface area contributed by atoms with Crippen molar-refractivity contribution < 1.29 is 13.2 Å². The molecule has 0 bridgehead atoms. The summed E-state index contributed by atoms with van der Waals surface area (Å²) in [6, 6.07) is 19.4. The zero-order chi connectivity index (χ0) is 22.6. The first-order chi connectivity index (χ1) is 14.8. The standard InChI is InChI=1S/C25H28N2O3S/c1-5-19-10-9-11-20(6-2)24(19)26-25(28)22-12-7-8-13-23(22)27(4)31(29,30)21-16-14-18(3)15-17-21/h7-17H,5-6H2,1-4H3,(H,26,28). The van der Waals surface area contributed by atoms with Gasteiger partial charge in [-0.25, -0.2) is 8.42 Å². The number of hydrogen-bond acceptors (Lipinski definition) is 3. The summed E-state index contributed by atoms with van der Waals surface area (Å²) in [4.78, 5) is 13.4. The Bertz CT molecular complexity index is 1160. The fourth-order valence-corrected chi connectivity index (χ4v) is 4.74. The second-order valence-electron chi connectivity index (χ2n) is 7.42. The van der Waals surface area contributed by atoms with Gasteiger partial charge in [0.15, 0.2) is 0 Å². The minimum absolute atomic E-state index is 0.181. The average Bonchev–Trinajstić information content (AvgIpc) is 2.78. The van der Waals surface area contributed by atoms with Crippen LogP contribution >= 0.6 is 0 Å². The van der Waals surface area contributed by atoms with Gasteiger partial charge in [0.1, 0.15) is 0 Å². The molecule has 0 aliphatic carbocycles. The Labute approximate surface area is 184 Å². The van der Waals surface area contributed by atoms with Crippen LogP contribution in [0.4, 0.5) is 11.4 Å². The number of nitrogens with zero attached hydrogens (tertiary/aromatic N) is 1. The lowest BCUT2D eigenvalue weighted by atomic mass is 10.0. The quantitative estimate of drug-likeness (QED) is 0.554. The number of hydrogen-bond donors (Lipinski definition) is 1. The number of anilines is 2. The molecule has 3 aromatic carbocycles. The van der Waals surface area contributed by atoms with Gasteiger partial charge < -0.3 is 5.32 Å². The van der Waals surface area contributed by atoms with Crippen LogP contribution in [0.5, 0.6) is 0 Å². The second-order valence-corrected chi connectivity index (χ2v) is 9.38. The molecular weight excluding hydrogens is 408 g/mol. The van der Waals surface area contributed by atoms with Crippen LogP contribution in [-0.2, 0) is 22.9 Å². The van der Waals surface area contributed by atoms with Gasteiger partial charge in [0.2, 0.25) is 0 Å². The van der Waals surface area contributed by atoms with Crippen LogP contribution in [0.15, 0.2) is 71.6 Å². The first-order valence-electron chi connectivity index (χ1n) is 10.4. The summed E-state index contributed by atoms with van der Waals surface area (Å²) in [5.41, 5.74) is 4.50. The van der Waals surface area contributed by atoms with Gasteiger partial charge in [0, 0.05) is 12.7 Å². The number of amides is 1. The third kappa shape index (κ3) is 4.64. The van der Waals surface area contributed by atoms with E-state index < -0.39 is 10.0 Å². The first kappa shape index (κ1) is 22.6. The topological polar surface area (TPSA) is 66.5 Å². The van der Waals surface area contributed by atoms with Gasteiger partial charge in [-0.05, 0) is 55.2 Å². The van der Waals surface area contributed by atoms with E-state index in [0.717, 1.165) is 35.2 Å². The maximum atomic E-state index is 13.3. The number of nitrogens with one attached hydrogen (secondary N) is 1. The Morgan fingerprint density at radius 1 is 0.871 bits per heavy atom. The Balaban J connectivity index is 1.99. The SMILES string of the molecule is CCc1cccc(CC)c1NC(=O)c1ccccc1N(C)S(=O)(=O)c1ccc(C)cc1. The van der Waals surface area contributed by atoms with Crippen molar-refractivity contribution in [3.63, 3.8) is 0 Å². The first-order valence-corrected chi connectivity index (χ1v) is 11.8. The second kappa shape index (κ2) is 9.35. The van der Waals surface area contributed by atoms with E-state index in [-0.39, 0.29) is 10.8 Å². The molecule has 0 heterocycles. The van der Waals surface area contributed by atoms with Crippen LogP contribution in [0.1, 0.15) is 40.9 Å². The summed E-state index contributed by atoms with van der Waals surface area (Å²) in [7, 11) is -2.34. The molecule has 0 aliphatic rings. The number of rotatable bonds is 7. The van der Waals surface area contributed by atoms with Crippen molar-refractivity contribution in [2.75, 3.05) is 16.7 Å². The van der Waals surface area contributed by atoms with Gasteiger partial charge >= 0.3 is 0 Å². The molecule has 1 N–H and O–H groups in total. The van der Waals surface area contributed by atoms with E-state index >= 15 is 0 Å². The average molecular weight is 437 g/mol. The predicted molar refractivity (Wildman–Crippen MR) is 126 cm³/mol. The van der Waals surface area contributed by atoms with Crippen molar-refractivity contribution in [1.29, 1.82) is 0 Å². The van der Waals surface area contributed by atoms with Crippen LogP contribution in [0.3, 0.4) is 0 Å². The molecule has 0 radical (unpaired) electrons. The molecule has 3 rings (SSSR count). The highest BCUT2D eigenvalue weighted by atomic mass is 32.2. The normalized spacial score (nSPS) is 11.2. The molecule has 1 amide bonds. The summed E-state index contributed by atoms with van der Waals surface area (Å²) in [6.07, 6.45) is 1.57. The van der Waals surface area contributed by atoms with E-state index in [2.05, 4.69) is 5.32 Å². The summed E-state index contributed by atoms with van der Waals surface area (Å²) in [5, 5.41) is 3.03. The lowest BCUT2D eigenvalue weighted by molar-refractivity contribution is 0.102. The molecule has 0 fully saturated rings. The maximum Gasteiger partial charge on any atom is 0.264 e. The van der Waals surface area contributed by atoms with E-state index in [9.17, 15) is 13.2 Å². The van der Waals surface area contributed by atoms with Crippen LogP contribution in [-0.4, -0.2) is 21.4 Å². The van der Waals surface area contributed by atoms with Gasteiger partial charge in [-0.1, -0.05) is 61.9 Å². The lowest BCUT2D eigenvalue weighted by Crippen LogP contribution is -2.29. The Kier molecular flexibility index (Phi) is 6.81. The van der Waals surface area contributed by atoms with Gasteiger partial charge in [0.05, 0.1) is 16.1 Å². The van der Waals surface area contributed by atoms with Gasteiger partial charge in [-0.15, -0.1) is 0 Å². The minimum atomic E-state index is -3.81. The molecule has 3 aromatic rings. The summed E-state index contributed by atoms with van der Waals surface area (Å²) < 4.78 is 27.5. The smallest absolute Gasteiger partial charge is 0.264 e. The van der Waals surface area contributed by atoms with Crippen molar-refractivity contribution in [3.05, 3.63) is 89.0 Å². The third-order valence-electron chi connectivity index (χ3n) is 5.40. The van der Waals surface area contributed by atoms with Crippen molar-refractivity contribution in [3.8, 4) is 0 Å². The van der Waals surface area contributed by atoms with Crippen LogP contribution in [0, 0.1) is 6.92 Å². The Hall–Kier alpha value is -3.12. The molecule has 0 aromatic heterocycles. The summed E-state index contributed by atoms with van der Waals surface area (Å²) in [5.74, 6) is -0.336. The largest absolute Gasteiger partial charge is 0.321 e. The molecule has 0 saturated carbocycles. The highest BCUT2D eigenvalue weighted by Gasteiger charge is 2.25. The fraction of sp³-hybridized carbons (Fsp3) is 0.240. The highest BCUT2D eigenvalue weighted by molar-refractivity contribution is 7.92. The maximum absolute atomic E-state index is 13.3. The highest BCUT2D eigenvalue weighted by Crippen LogP contribution is 2.28. The van der Waals surface area contributed by atoms with Gasteiger partial charge in [0.25, 0.3) is 15.9 Å². The van der Waals surface area contributed by atoms with Crippen molar-refractivity contribution >= 4 is 27.3 Å². The number of benzene rings is 3. The lowest BCUT2D eigenvalue weighted by Gasteiger charge is -2.23. The molecule has 0 atom stereocenters. The van der Waals surface area contributed by atoms with E-state index in [4.69, 9.17) is 0 Å². The molecule has 31 heavy (non-hydrogen) atoms. The minimum Gasteiger partial charge on any atom is -0.321 e. The molecule has 0 unspecified atom stereocenters. The number of carbonyl (C=O) groups excluding carboxylic acids is 1. The molecule has 0 saturated heterocycles. The van der Waals surface area contributed by atoms with Gasteiger partial charge in [-0.2, -0.15) is 0 Å². The van der Waals surface area contributed by atoms with Crippen LogP contribution in [0.2, 0.25) is 0 Å². The molecule has 0 spiro atoms. The molecular formula is C25H28N2O3S. The fourth-order valence-electron chi connectivity index (χ4n) is 3.52. The summed E-state index contributed by atoms with van der Waals surface area (Å²) >= 11 is 0. The third-order valence-corrected chi connectivity index (χ3v) is 7.19. The van der Waals surface area contributed by atoms with Crippen molar-refractivity contribution in [2.24, 2.45) is 0 Å². The van der Waals surface area contributed by atoms with E-state index in [1.807, 2.05) is 39.0 Å². The van der Waals surface area contributed by atoms with Crippen molar-refractivity contribution in [2.45, 2.75) is 38.5 Å². The zero-order valence-corrected chi connectivity index (χ0v) is 19.2. The van der Waals surface area contributed by atoms with E-state index in [1.54, 1.807) is 48.5 Å². The van der Waals surface area contributed by atoms with Crippen LogP contribution in [0.25, 0.3) is 0 Å². The number of aryl methyl sites for hydroxylation is 3.